The van der Waals surface area contributed by atoms with Crippen LogP contribution in [0, 0.1) is 0 Å². The number of oxime groups is 1. The Morgan fingerprint density at radius 1 is 1.27 bits per heavy atom. The zero-order chi connectivity index (χ0) is 10.7. The average molecular weight is 222 g/mol. The van der Waals surface area contributed by atoms with E-state index < -0.39 is 0 Å². The van der Waals surface area contributed by atoms with E-state index in [0.717, 1.165) is 5.56 Å². The maximum Gasteiger partial charge on any atom is 0.202 e. The molecule has 1 aromatic carbocycles. The van der Waals surface area contributed by atoms with Gasteiger partial charge < -0.3 is 9.62 Å². The largest absolute Gasteiger partial charge is 0.444 e. The topological polar surface area (TPSA) is 45.7 Å². The summed E-state index contributed by atoms with van der Waals surface area (Å²) < 4.78 is 5.32. The predicted octanol–water partition coefficient (Wildman–Crippen LogP) is 3.41. The van der Waals surface area contributed by atoms with Gasteiger partial charge in [0, 0.05) is 5.56 Å². The number of hydrogen-bond acceptors (Lipinski definition) is 3. The lowest BCUT2D eigenvalue weighted by Crippen LogP contribution is -1.75. The minimum Gasteiger partial charge on any atom is -0.444 e. The second-order valence-corrected chi connectivity index (χ2v) is 3.29. The van der Waals surface area contributed by atoms with Crippen molar-refractivity contribution < 1.29 is 9.62 Å². The molecular formula is C11H8ClNO2. The van der Waals surface area contributed by atoms with E-state index >= 15 is 0 Å². The van der Waals surface area contributed by atoms with Gasteiger partial charge in [-0.3, -0.25) is 0 Å². The highest BCUT2D eigenvalue weighted by Gasteiger charge is 2.08. The lowest BCUT2D eigenvalue weighted by Gasteiger charge is -1.93. The molecule has 76 valence electrons. The van der Waals surface area contributed by atoms with E-state index in [1.807, 2.05) is 30.3 Å². The number of rotatable bonds is 2. The second kappa shape index (κ2) is 4.19. The maximum absolute atomic E-state index is 8.39. The summed E-state index contributed by atoms with van der Waals surface area (Å²) in [4.78, 5) is 0. The molecule has 0 spiro atoms. The molecule has 0 saturated heterocycles. The highest BCUT2D eigenvalue weighted by Crippen LogP contribution is 2.27. The first-order valence-electron chi connectivity index (χ1n) is 4.33. The van der Waals surface area contributed by atoms with Gasteiger partial charge in [-0.25, -0.2) is 0 Å². The highest BCUT2D eigenvalue weighted by atomic mass is 35.5. The fourth-order valence-electron chi connectivity index (χ4n) is 1.28. The summed E-state index contributed by atoms with van der Waals surface area (Å²) in [5.74, 6) is 0.649. The zero-order valence-electron chi connectivity index (χ0n) is 7.72. The van der Waals surface area contributed by atoms with Gasteiger partial charge in [0.2, 0.25) is 5.22 Å². The molecule has 4 heteroatoms. The van der Waals surface area contributed by atoms with Crippen molar-refractivity contribution in [3.05, 3.63) is 47.2 Å². The standard InChI is InChI=1S/C11H8ClNO2/c12-11-9(7-13-14)6-10(15-11)8-4-2-1-3-5-8/h1-7,14H/b13-7-. The first kappa shape index (κ1) is 9.80. The van der Waals surface area contributed by atoms with Crippen LogP contribution in [0.5, 0.6) is 0 Å². The molecule has 0 radical (unpaired) electrons. The normalized spacial score (nSPS) is 11.0. The van der Waals surface area contributed by atoms with Gasteiger partial charge >= 0.3 is 0 Å². The summed E-state index contributed by atoms with van der Waals surface area (Å²) in [6, 6.07) is 11.3. The van der Waals surface area contributed by atoms with Crippen LogP contribution in [0.4, 0.5) is 0 Å². The highest BCUT2D eigenvalue weighted by molar-refractivity contribution is 6.31. The van der Waals surface area contributed by atoms with E-state index in [-0.39, 0.29) is 5.22 Å². The lowest BCUT2D eigenvalue weighted by molar-refractivity contribution is 0.322. The number of nitrogens with zero attached hydrogens (tertiary/aromatic N) is 1. The SMILES string of the molecule is O/N=C\c1cc(-c2ccccc2)oc1Cl. The van der Waals surface area contributed by atoms with Gasteiger partial charge in [0.1, 0.15) is 5.76 Å². The Balaban J connectivity index is 2.43. The zero-order valence-corrected chi connectivity index (χ0v) is 8.48. The Morgan fingerprint density at radius 2 is 2.00 bits per heavy atom. The molecule has 0 aliphatic rings. The molecule has 3 nitrogen and oxygen atoms in total. The summed E-state index contributed by atoms with van der Waals surface area (Å²) in [6.07, 6.45) is 1.23. The molecule has 2 rings (SSSR count). The van der Waals surface area contributed by atoms with E-state index in [0.29, 0.717) is 11.3 Å². The summed E-state index contributed by atoms with van der Waals surface area (Å²) in [6.45, 7) is 0. The Morgan fingerprint density at radius 3 is 2.67 bits per heavy atom. The van der Waals surface area contributed by atoms with Crippen LogP contribution in [0.25, 0.3) is 11.3 Å². The molecule has 0 fully saturated rings. The molecular weight excluding hydrogens is 214 g/mol. The molecule has 1 N–H and O–H groups in total. The molecule has 0 atom stereocenters. The molecule has 0 aliphatic heterocycles. The van der Waals surface area contributed by atoms with Crippen molar-refractivity contribution in [1.29, 1.82) is 0 Å². The second-order valence-electron chi connectivity index (χ2n) is 2.95. The molecule has 0 amide bonds. The van der Waals surface area contributed by atoms with E-state index in [9.17, 15) is 0 Å². The van der Waals surface area contributed by atoms with E-state index in [1.54, 1.807) is 6.07 Å². The average Bonchev–Trinajstić information content (AvgIpc) is 2.63. The minimum atomic E-state index is 0.214. The molecule has 1 heterocycles. The first-order valence-corrected chi connectivity index (χ1v) is 4.71. The molecule has 0 aliphatic carbocycles. The van der Waals surface area contributed by atoms with Crippen LogP contribution in [0.3, 0.4) is 0 Å². The number of benzene rings is 1. The number of halogens is 1. The molecule has 15 heavy (non-hydrogen) atoms. The fraction of sp³-hybridized carbons (Fsp3) is 0. The monoisotopic (exact) mass is 221 g/mol. The maximum atomic E-state index is 8.39. The smallest absolute Gasteiger partial charge is 0.202 e. The Labute approximate surface area is 91.6 Å². The van der Waals surface area contributed by atoms with Gasteiger partial charge in [-0.1, -0.05) is 35.5 Å². The summed E-state index contributed by atoms with van der Waals surface area (Å²) in [5.41, 5.74) is 1.48. The van der Waals surface area contributed by atoms with Crippen molar-refractivity contribution in [3.63, 3.8) is 0 Å². The van der Waals surface area contributed by atoms with Crippen molar-refractivity contribution in [2.24, 2.45) is 5.16 Å². The quantitative estimate of drug-likeness (QED) is 0.480. The van der Waals surface area contributed by atoms with E-state index in [4.69, 9.17) is 21.2 Å². The third-order valence-corrected chi connectivity index (χ3v) is 2.26. The van der Waals surface area contributed by atoms with Crippen molar-refractivity contribution >= 4 is 17.8 Å². The third-order valence-electron chi connectivity index (χ3n) is 1.97. The molecule has 0 unspecified atom stereocenters. The van der Waals surface area contributed by atoms with Crippen LogP contribution < -0.4 is 0 Å². The van der Waals surface area contributed by atoms with Gasteiger partial charge in [-0.15, -0.1) is 0 Å². The third kappa shape index (κ3) is 2.02. The van der Waals surface area contributed by atoms with Crippen LogP contribution >= 0.6 is 11.6 Å². The van der Waals surface area contributed by atoms with Gasteiger partial charge in [0.25, 0.3) is 0 Å². The van der Waals surface area contributed by atoms with Crippen molar-refractivity contribution in [2.45, 2.75) is 0 Å². The fourth-order valence-corrected chi connectivity index (χ4v) is 1.46. The molecule has 0 bridgehead atoms. The van der Waals surface area contributed by atoms with Gasteiger partial charge in [-0.05, 0) is 17.7 Å². The van der Waals surface area contributed by atoms with Crippen LogP contribution in [0.15, 0.2) is 46.0 Å². The van der Waals surface area contributed by atoms with Crippen LogP contribution in [-0.2, 0) is 0 Å². The summed E-state index contributed by atoms with van der Waals surface area (Å²) >= 11 is 5.80. The van der Waals surface area contributed by atoms with Crippen LogP contribution in [-0.4, -0.2) is 11.4 Å². The van der Waals surface area contributed by atoms with Crippen LogP contribution in [0.2, 0.25) is 5.22 Å². The first-order chi connectivity index (χ1) is 7.31. The van der Waals surface area contributed by atoms with Crippen molar-refractivity contribution in [3.8, 4) is 11.3 Å². The van der Waals surface area contributed by atoms with Crippen molar-refractivity contribution in [2.75, 3.05) is 0 Å². The van der Waals surface area contributed by atoms with Crippen molar-refractivity contribution in [1.82, 2.24) is 0 Å². The molecule has 2 aromatic rings. The van der Waals surface area contributed by atoms with Gasteiger partial charge in [-0.2, -0.15) is 0 Å². The molecule has 1 aromatic heterocycles. The molecule has 0 saturated carbocycles. The summed E-state index contributed by atoms with van der Waals surface area (Å²) in [7, 11) is 0. The Bertz CT molecular complexity index is 477. The Kier molecular flexibility index (Phi) is 2.74. The number of furan rings is 1. The van der Waals surface area contributed by atoms with E-state index in [1.165, 1.54) is 6.21 Å². The number of hydrogen-bond donors (Lipinski definition) is 1. The predicted molar refractivity (Wildman–Crippen MR) is 58.5 cm³/mol. The Hall–Kier alpha value is -1.74. The lowest BCUT2D eigenvalue weighted by atomic mass is 10.1. The van der Waals surface area contributed by atoms with E-state index in [2.05, 4.69) is 5.16 Å². The van der Waals surface area contributed by atoms with Gasteiger partial charge in [0.15, 0.2) is 0 Å². The minimum absolute atomic E-state index is 0.214. The summed E-state index contributed by atoms with van der Waals surface area (Å²) in [5, 5.41) is 11.5. The van der Waals surface area contributed by atoms with Gasteiger partial charge in [0.05, 0.1) is 11.8 Å². The van der Waals surface area contributed by atoms with Crippen LogP contribution in [0.1, 0.15) is 5.56 Å².